The molecule has 0 aliphatic heterocycles. The second kappa shape index (κ2) is 9.60. The van der Waals surface area contributed by atoms with E-state index in [1.807, 2.05) is 33.8 Å². The van der Waals surface area contributed by atoms with E-state index in [2.05, 4.69) is 35.6 Å². The van der Waals surface area contributed by atoms with E-state index < -0.39 is 0 Å². The van der Waals surface area contributed by atoms with E-state index in [1.165, 1.54) is 13.4 Å². The molecule has 0 aliphatic carbocycles. The molecule has 3 rings (SSSR count). The summed E-state index contributed by atoms with van der Waals surface area (Å²) in [4.78, 5) is 33.9. The molecule has 0 saturated heterocycles. The van der Waals surface area contributed by atoms with E-state index in [4.69, 9.17) is 10.5 Å². The largest absolute Gasteiger partial charge is 0.467 e. The number of nitrogens with one attached hydrogen (secondary N) is 2. The van der Waals surface area contributed by atoms with Crippen LogP contribution in [0.2, 0.25) is 0 Å². The summed E-state index contributed by atoms with van der Waals surface area (Å²) in [7, 11) is 3.09. The van der Waals surface area contributed by atoms with Crippen molar-refractivity contribution in [3.63, 3.8) is 0 Å². The highest BCUT2D eigenvalue weighted by molar-refractivity contribution is 6.10. The van der Waals surface area contributed by atoms with E-state index in [1.54, 1.807) is 31.5 Å². The maximum absolute atomic E-state index is 12.9. The summed E-state index contributed by atoms with van der Waals surface area (Å²) in [5, 5.41) is 6.05. The van der Waals surface area contributed by atoms with Crippen LogP contribution < -0.4 is 21.1 Å². The topological polar surface area (TPSA) is 140 Å². The van der Waals surface area contributed by atoms with Gasteiger partial charge in [-0.15, -0.1) is 0 Å². The van der Waals surface area contributed by atoms with Gasteiger partial charge in [-0.25, -0.2) is 15.0 Å². The summed E-state index contributed by atoms with van der Waals surface area (Å²) in [6.07, 6.45) is 4.65. The summed E-state index contributed by atoms with van der Waals surface area (Å²) in [6, 6.07) is 5.53. The van der Waals surface area contributed by atoms with Gasteiger partial charge >= 0.3 is 6.01 Å². The number of methoxy groups -OCH3 is 1. The summed E-state index contributed by atoms with van der Waals surface area (Å²) in [5.74, 6) is 0.541. The molecule has 33 heavy (non-hydrogen) atoms. The molecule has 0 fully saturated rings. The molecule has 0 unspecified atom stereocenters. The zero-order valence-corrected chi connectivity index (χ0v) is 19.6. The lowest BCUT2D eigenvalue weighted by atomic mass is 9.92. The number of ether oxygens (including phenoxy) is 1. The van der Waals surface area contributed by atoms with Crippen molar-refractivity contribution in [3.8, 4) is 6.01 Å². The molecule has 0 saturated carbocycles. The zero-order chi connectivity index (χ0) is 24.2. The Bertz CT molecular complexity index is 1240. The molecule has 10 heteroatoms. The van der Waals surface area contributed by atoms with Crippen molar-refractivity contribution in [1.82, 2.24) is 25.3 Å². The van der Waals surface area contributed by atoms with E-state index in [9.17, 15) is 4.79 Å². The van der Waals surface area contributed by atoms with Crippen LogP contribution in [0.15, 0.2) is 47.5 Å². The molecule has 1 amide bonds. The van der Waals surface area contributed by atoms with Gasteiger partial charge in [0.1, 0.15) is 23.2 Å². The third-order valence-electron chi connectivity index (χ3n) is 4.93. The average Bonchev–Trinajstić information content (AvgIpc) is 2.79. The van der Waals surface area contributed by atoms with E-state index in [0.717, 1.165) is 5.56 Å². The number of hydrogen-bond donors (Lipinski definition) is 3. The quantitative estimate of drug-likeness (QED) is 0.399. The first kappa shape index (κ1) is 23.6. The number of aliphatic imine (C=N–C) groups is 1. The number of rotatable bonds is 5. The van der Waals surface area contributed by atoms with Gasteiger partial charge in [0.15, 0.2) is 5.82 Å². The number of amidine groups is 1. The van der Waals surface area contributed by atoms with Crippen molar-refractivity contribution < 1.29 is 9.53 Å². The molecule has 0 atom stereocenters. The fraction of sp³-hybridized carbons (Fsp3) is 0.304. The molecular formula is C23H28N8O2. The summed E-state index contributed by atoms with van der Waals surface area (Å²) in [5.41, 5.74) is 9.61. The molecule has 0 spiro atoms. The van der Waals surface area contributed by atoms with Crippen LogP contribution in [0.25, 0.3) is 11.0 Å². The molecule has 4 N–H and O–H groups in total. The predicted octanol–water partition coefficient (Wildman–Crippen LogP) is 3.13. The maximum Gasteiger partial charge on any atom is 0.316 e. The first-order valence-corrected chi connectivity index (χ1v) is 10.3. The number of anilines is 2. The third kappa shape index (κ3) is 5.59. The molecule has 2 heterocycles. The van der Waals surface area contributed by atoms with E-state index >= 15 is 0 Å². The molecule has 10 nitrogen and oxygen atoms in total. The molecule has 172 valence electrons. The van der Waals surface area contributed by atoms with Crippen molar-refractivity contribution in [2.24, 2.45) is 16.1 Å². The maximum atomic E-state index is 12.9. The van der Waals surface area contributed by atoms with Gasteiger partial charge in [0, 0.05) is 29.4 Å². The van der Waals surface area contributed by atoms with E-state index in [-0.39, 0.29) is 17.3 Å². The number of nitrogens with zero attached hydrogens (tertiary/aromatic N) is 5. The second-order valence-corrected chi connectivity index (χ2v) is 8.38. The van der Waals surface area contributed by atoms with Crippen molar-refractivity contribution in [3.05, 3.63) is 53.6 Å². The highest BCUT2D eigenvalue weighted by Crippen LogP contribution is 2.25. The molecule has 2 aromatic heterocycles. The number of amides is 1. The van der Waals surface area contributed by atoms with Crippen LogP contribution in [0, 0.1) is 12.3 Å². The second-order valence-electron chi connectivity index (χ2n) is 8.38. The number of aromatic nitrogens is 4. The fourth-order valence-corrected chi connectivity index (χ4v) is 2.76. The number of fused-ring (bicyclic) bond motifs is 1. The average molecular weight is 449 g/mol. The van der Waals surface area contributed by atoms with Crippen LogP contribution in [0.3, 0.4) is 0 Å². The number of benzene rings is 1. The third-order valence-corrected chi connectivity index (χ3v) is 4.93. The van der Waals surface area contributed by atoms with Gasteiger partial charge in [-0.2, -0.15) is 4.98 Å². The number of nitrogens with two attached hydrogens (primary N) is 1. The van der Waals surface area contributed by atoms with Gasteiger partial charge in [0.05, 0.1) is 13.3 Å². The first-order chi connectivity index (χ1) is 15.6. The van der Waals surface area contributed by atoms with Crippen molar-refractivity contribution in [1.29, 1.82) is 0 Å². The zero-order valence-electron chi connectivity index (χ0n) is 19.6. The Hall–Kier alpha value is -4.08. The number of carbonyl (C=O) groups excluding carboxylic acids is 1. The number of allylic oxidation sites excluding steroid dienone is 1. The molecule has 0 radical (unpaired) electrons. The Morgan fingerprint density at radius 1 is 1.21 bits per heavy atom. The normalized spacial score (nSPS) is 12.5. The van der Waals surface area contributed by atoms with E-state index in [0.29, 0.717) is 39.6 Å². The Morgan fingerprint density at radius 3 is 2.64 bits per heavy atom. The lowest BCUT2D eigenvalue weighted by Gasteiger charge is -2.19. The number of aryl methyl sites for hydroxylation is 1. The van der Waals surface area contributed by atoms with Gasteiger partial charge < -0.3 is 21.1 Å². The minimum absolute atomic E-state index is 0.208. The molecule has 0 aliphatic rings. The monoisotopic (exact) mass is 448 g/mol. The Kier molecular flexibility index (Phi) is 6.86. The minimum Gasteiger partial charge on any atom is -0.467 e. The SMILES string of the molecule is CN=C(C=C(N)C(C)(C)C)NC(=O)c1ccc(C)c(Nc2ncnc3cnc(OC)nc23)c1. The van der Waals surface area contributed by atoms with Crippen molar-refractivity contribution in [2.75, 3.05) is 19.5 Å². The van der Waals surface area contributed by atoms with Crippen LogP contribution in [0.5, 0.6) is 6.01 Å². The lowest BCUT2D eigenvalue weighted by molar-refractivity contribution is 0.0977. The van der Waals surface area contributed by atoms with Crippen LogP contribution in [-0.2, 0) is 0 Å². The summed E-state index contributed by atoms with van der Waals surface area (Å²) < 4.78 is 5.11. The van der Waals surface area contributed by atoms with Gasteiger partial charge in [0.2, 0.25) is 0 Å². The molecular weight excluding hydrogens is 420 g/mol. The smallest absolute Gasteiger partial charge is 0.316 e. The molecule has 1 aromatic carbocycles. The highest BCUT2D eigenvalue weighted by atomic mass is 16.5. The van der Waals surface area contributed by atoms with Gasteiger partial charge in [-0.3, -0.25) is 9.79 Å². The van der Waals surface area contributed by atoms with Crippen LogP contribution >= 0.6 is 0 Å². The standard InChI is InChI=1S/C23H28N8O2/c1-13-7-8-14(21(32)30-18(25-5)10-17(24)23(2,3)4)9-15(13)29-20-19-16(27-12-28-20)11-26-22(31-19)33-6/h7-12H,24H2,1-6H3,(H,25,30,32)(H,27,28,29). The van der Waals surface area contributed by atoms with Gasteiger partial charge in [0.25, 0.3) is 5.91 Å². The number of carbonyl (C=O) groups is 1. The fourth-order valence-electron chi connectivity index (χ4n) is 2.76. The van der Waals surface area contributed by atoms with Crippen molar-refractivity contribution >= 4 is 34.3 Å². The Morgan fingerprint density at radius 2 is 1.97 bits per heavy atom. The summed E-state index contributed by atoms with van der Waals surface area (Å²) in [6.45, 7) is 7.89. The first-order valence-electron chi connectivity index (χ1n) is 10.3. The van der Waals surface area contributed by atoms with Crippen LogP contribution in [0.1, 0.15) is 36.7 Å². The molecule has 3 aromatic rings. The van der Waals surface area contributed by atoms with Crippen LogP contribution in [0.4, 0.5) is 11.5 Å². The Balaban J connectivity index is 1.89. The Labute approximate surface area is 192 Å². The number of hydrogen-bond acceptors (Lipinski definition) is 9. The lowest BCUT2D eigenvalue weighted by Crippen LogP contribution is -2.31. The van der Waals surface area contributed by atoms with Crippen LogP contribution in [-0.4, -0.2) is 45.8 Å². The van der Waals surface area contributed by atoms with Gasteiger partial charge in [-0.05, 0) is 30.7 Å². The summed E-state index contributed by atoms with van der Waals surface area (Å²) >= 11 is 0. The predicted molar refractivity (Wildman–Crippen MR) is 129 cm³/mol. The molecule has 0 bridgehead atoms. The highest BCUT2D eigenvalue weighted by Gasteiger charge is 2.16. The van der Waals surface area contributed by atoms with Crippen molar-refractivity contribution in [2.45, 2.75) is 27.7 Å². The minimum atomic E-state index is -0.312. The van der Waals surface area contributed by atoms with Gasteiger partial charge in [-0.1, -0.05) is 26.8 Å².